The van der Waals surface area contributed by atoms with Crippen LogP contribution in [-0.4, -0.2) is 5.97 Å². The van der Waals surface area contributed by atoms with E-state index in [0.29, 0.717) is 17.2 Å². The van der Waals surface area contributed by atoms with Gasteiger partial charge < -0.3 is 4.74 Å². The molecule has 0 bridgehead atoms. The van der Waals surface area contributed by atoms with Gasteiger partial charge in [0.05, 0.1) is 17.2 Å². The standard InChI is InChI=1S/C15H9F2NO2/c16-13-5-12(6-14(17)7-13)15(19)20-9-11-4-2-1-3-10(11)8-18/h1-7H,9H2. The maximum absolute atomic E-state index is 13.0. The van der Waals surface area contributed by atoms with E-state index in [4.69, 9.17) is 10.00 Å². The Bertz CT molecular complexity index is 672. The first-order valence-electron chi connectivity index (χ1n) is 5.71. The topological polar surface area (TPSA) is 50.1 Å². The zero-order valence-corrected chi connectivity index (χ0v) is 10.3. The molecule has 0 fully saturated rings. The Hall–Kier alpha value is -2.74. The maximum Gasteiger partial charge on any atom is 0.338 e. The van der Waals surface area contributed by atoms with Crippen molar-refractivity contribution in [2.45, 2.75) is 6.61 Å². The minimum absolute atomic E-state index is 0.138. The molecule has 5 heteroatoms. The van der Waals surface area contributed by atoms with Gasteiger partial charge in [-0.25, -0.2) is 13.6 Å². The number of hydrogen-bond donors (Lipinski definition) is 0. The average Bonchev–Trinajstić information content (AvgIpc) is 2.44. The van der Waals surface area contributed by atoms with E-state index in [2.05, 4.69) is 0 Å². The van der Waals surface area contributed by atoms with Crippen molar-refractivity contribution in [1.29, 1.82) is 5.26 Å². The number of carbonyl (C=O) groups is 1. The lowest BCUT2D eigenvalue weighted by molar-refractivity contribution is 0.0471. The molecule has 0 saturated heterocycles. The summed E-state index contributed by atoms with van der Waals surface area (Å²) < 4.78 is 30.9. The van der Waals surface area contributed by atoms with Crippen LogP contribution >= 0.6 is 0 Å². The van der Waals surface area contributed by atoms with Gasteiger partial charge in [-0.2, -0.15) is 5.26 Å². The SMILES string of the molecule is N#Cc1ccccc1COC(=O)c1cc(F)cc(F)c1. The van der Waals surface area contributed by atoms with Crippen molar-refractivity contribution in [3.05, 3.63) is 70.8 Å². The van der Waals surface area contributed by atoms with Crippen molar-refractivity contribution in [3.63, 3.8) is 0 Å². The lowest BCUT2D eigenvalue weighted by atomic mass is 10.1. The summed E-state index contributed by atoms with van der Waals surface area (Å²) in [7, 11) is 0. The molecule has 0 amide bonds. The summed E-state index contributed by atoms with van der Waals surface area (Å²) in [5.41, 5.74) is 0.697. The summed E-state index contributed by atoms with van der Waals surface area (Å²) in [6.45, 7) is -0.138. The largest absolute Gasteiger partial charge is 0.457 e. The van der Waals surface area contributed by atoms with E-state index in [9.17, 15) is 13.6 Å². The lowest BCUT2D eigenvalue weighted by Crippen LogP contribution is -2.07. The van der Waals surface area contributed by atoms with E-state index in [-0.39, 0.29) is 12.2 Å². The first-order valence-corrected chi connectivity index (χ1v) is 5.71. The predicted octanol–water partition coefficient (Wildman–Crippen LogP) is 3.19. The third-order valence-corrected chi connectivity index (χ3v) is 2.59. The van der Waals surface area contributed by atoms with E-state index in [0.717, 1.165) is 12.1 Å². The van der Waals surface area contributed by atoms with Gasteiger partial charge in [0.2, 0.25) is 0 Å². The van der Waals surface area contributed by atoms with Gasteiger partial charge >= 0.3 is 5.97 Å². The van der Waals surface area contributed by atoms with Crippen LogP contribution in [0.25, 0.3) is 0 Å². The Morgan fingerprint density at radius 2 is 1.80 bits per heavy atom. The van der Waals surface area contributed by atoms with Crippen molar-refractivity contribution in [2.75, 3.05) is 0 Å². The van der Waals surface area contributed by atoms with Gasteiger partial charge in [-0.05, 0) is 18.2 Å². The van der Waals surface area contributed by atoms with E-state index in [1.54, 1.807) is 24.3 Å². The smallest absolute Gasteiger partial charge is 0.338 e. The van der Waals surface area contributed by atoms with Crippen LogP contribution in [0.4, 0.5) is 8.78 Å². The van der Waals surface area contributed by atoms with E-state index < -0.39 is 17.6 Å². The van der Waals surface area contributed by atoms with Crippen LogP contribution in [0.15, 0.2) is 42.5 Å². The Morgan fingerprint density at radius 1 is 1.15 bits per heavy atom. The second-order valence-corrected chi connectivity index (χ2v) is 4.00. The van der Waals surface area contributed by atoms with Crippen LogP contribution in [0.2, 0.25) is 0 Å². The van der Waals surface area contributed by atoms with Crippen molar-refractivity contribution in [3.8, 4) is 6.07 Å². The Labute approximate surface area is 114 Å². The second-order valence-electron chi connectivity index (χ2n) is 4.00. The van der Waals surface area contributed by atoms with Crippen LogP contribution in [-0.2, 0) is 11.3 Å². The van der Waals surface area contributed by atoms with Gasteiger partial charge in [0.15, 0.2) is 0 Å². The van der Waals surface area contributed by atoms with Crippen LogP contribution < -0.4 is 0 Å². The highest BCUT2D eigenvalue weighted by atomic mass is 19.1. The van der Waals surface area contributed by atoms with Gasteiger partial charge in [0.25, 0.3) is 0 Å². The zero-order chi connectivity index (χ0) is 14.5. The molecule has 0 atom stereocenters. The molecule has 100 valence electrons. The molecular weight excluding hydrogens is 264 g/mol. The van der Waals surface area contributed by atoms with Gasteiger partial charge in [-0.3, -0.25) is 0 Å². The Balaban J connectivity index is 2.11. The average molecular weight is 273 g/mol. The highest BCUT2D eigenvalue weighted by Gasteiger charge is 2.11. The molecule has 2 rings (SSSR count). The van der Waals surface area contributed by atoms with Crippen LogP contribution in [0.5, 0.6) is 0 Å². The minimum atomic E-state index is -0.852. The summed E-state index contributed by atoms with van der Waals surface area (Å²) in [4.78, 5) is 11.7. The number of carbonyl (C=O) groups excluding carboxylic acids is 1. The molecule has 0 N–H and O–H groups in total. The molecule has 0 saturated carbocycles. The number of nitrogens with zero attached hydrogens (tertiary/aromatic N) is 1. The van der Waals surface area contributed by atoms with Crippen molar-refractivity contribution >= 4 is 5.97 Å². The number of esters is 1. The molecule has 3 nitrogen and oxygen atoms in total. The highest BCUT2D eigenvalue weighted by molar-refractivity contribution is 5.89. The normalized spacial score (nSPS) is 9.85. The molecule has 2 aromatic carbocycles. The van der Waals surface area contributed by atoms with E-state index in [1.165, 1.54) is 0 Å². The summed E-state index contributed by atoms with van der Waals surface area (Å²) in [5.74, 6) is -2.56. The quantitative estimate of drug-likeness (QED) is 0.807. The number of hydrogen-bond acceptors (Lipinski definition) is 3. The van der Waals surface area contributed by atoms with Crippen molar-refractivity contribution in [1.82, 2.24) is 0 Å². The minimum Gasteiger partial charge on any atom is -0.457 e. The van der Waals surface area contributed by atoms with Crippen molar-refractivity contribution < 1.29 is 18.3 Å². The third-order valence-electron chi connectivity index (χ3n) is 2.59. The Morgan fingerprint density at radius 3 is 2.45 bits per heavy atom. The molecule has 0 heterocycles. The summed E-state index contributed by atoms with van der Waals surface area (Å²) >= 11 is 0. The molecule has 2 aromatic rings. The number of halogens is 2. The van der Waals surface area contributed by atoms with E-state index >= 15 is 0 Å². The van der Waals surface area contributed by atoms with Gasteiger partial charge in [0.1, 0.15) is 18.2 Å². The zero-order valence-electron chi connectivity index (χ0n) is 10.3. The molecule has 0 spiro atoms. The summed E-state index contributed by atoms with van der Waals surface area (Å²) in [6.07, 6.45) is 0. The van der Waals surface area contributed by atoms with Crippen LogP contribution in [0.1, 0.15) is 21.5 Å². The fourth-order valence-electron chi connectivity index (χ4n) is 1.65. The third kappa shape index (κ3) is 3.18. The number of ether oxygens (including phenoxy) is 1. The molecule has 20 heavy (non-hydrogen) atoms. The predicted molar refractivity (Wildman–Crippen MR) is 66.6 cm³/mol. The van der Waals surface area contributed by atoms with Gasteiger partial charge in [-0.1, -0.05) is 18.2 Å². The van der Waals surface area contributed by atoms with Crippen molar-refractivity contribution in [2.24, 2.45) is 0 Å². The number of nitriles is 1. The number of benzene rings is 2. The molecule has 0 unspecified atom stereocenters. The van der Waals surface area contributed by atoms with E-state index in [1.807, 2.05) is 6.07 Å². The lowest BCUT2D eigenvalue weighted by Gasteiger charge is -2.06. The van der Waals surface area contributed by atoms with Gasteiger partial charge in [-0.15, -0.1) is 0 Å². The van der Waals surface area contributed by atoms with Gasteiger partial charge in [0, 0.05) is 11.6 Å². The fourth-order valence-corrected chi connectivity index (χ4v) is 1.65. The highest BCUT2D eigenvalue weighted by Crippen LogP contribution is 2.12. The summed E-state index contributed by atoms with van der Waals surface area (Å²) in [5, 5.41) is 8.88. The first kappa shape index (κ1) is 13.7. The van der Waals surface area contributed by atoms with Crippen LogP contribution in [0.3, 0.4) is 0 Å². The Kier molecular flexibility index (Phi) is 4.06. The second kappa shape index (κ2) is 5.93. The first-order chi connectivity index (χ1) is 9.60. The fraction of sp³-hybridized carbons (Fsp3) is 0.0667. The molecule has 0 aliphatic heterocycles. The maximum atomic E-state index is 13.0. The molecule has 0 aliphatic carbocycles. The molecular formula is C15H9F2NO2. The monoisotopic (exact) mass is 273 g/mol. The molecule has 0 aliphatic rings. The number of rotatable bonds is 3. The molecule has 0 aromatic heterocycles. The molecule has 0 radical (unpaired) electrons. The summed E-state index contributed by atoms with van der Waals surface area (Å²) in [6, 6.07) is 11.0. The van der Waals surface area contributed by atoms with Crippen LogP contribution in [0, 0.1) is 23.0 Å².